The molecule has 1 aliphatic heterocycles. The summed E-state index contributed by atoms with van der Waals surface area (Å²) in [6.45, 7) is 5.28. The molecule has 1 N–H and O–H groups in total. The smallest absolute Gasteiger partial charge is 0.110 e. The van der Waals surface area contributed by atoms with Gasteiger partial charge in [0.25, 0.3) is 0 Å². The van der Waals surface area contributed by atoms with Crippen LogP contribution in [0, 0.1) is 6.92 Å². The van der Waals surface area contributed by atoms with Crippen LogP contribution in [0.1, 0.15) is 35.1 Å². The van der Waals surface area contributed by atoms with Crippen molar-refractivity contribution >= 4 is 23.1 Å². The molecule has 0 fully saturated rings. The average molecular weight is 290 g/mol. The summed E-state index contributed by atoms with van der Waals surface area (Å²) in [6.07, 6.45) is 0. The normalized spacial score (nSPS) is 19.4. The minimum atomic E-state index is 0.344. The summed E-state index contributed by atoms with van der Waals surface area (Å²) in [5.74, 6) is 1.82. The molecule has 1 aromatic heterocycles. The highest BCUT2D eigenvalue weighted by molar-refractivity contribution is 7.99. The maximum absolute atomic E-state index is 4.55. The minimum absolute atomic E-state index is 0.344. The number of hydrogen-bond acceptors (Lipinski definition) is 4. The average Bonchev–Trinajstić information content (AvgIpc) is 3.02. The van der Waals surface area contributed by atoms with Crippen LogP contribution in [-0.4, -0.2) is 17.3 Å². The number of aryl methyl sites for hydroxylation is 1. The molecule has 4 heteroatoms. The predicted molar refractivity (Wildman–Crippen MR) is 83.2 cm³/mol. The standard InChI is InChI=1S/C15H18N2S2/c1-10-8-19-15(17-10)11(2)16-7-12-9-18-14-6-4-3-5-13(12)14/h3-6,8,11-12,16H,7,9H2,1-2H3. The summed E-state index contributed by atoms with van der Waals surface area (Å²) in [4.78, 5) is 6.00. The molecule has 2 atom stereocenters. The fourth-order valence-electron chi connectivity index (χ4n) is 2.38. The minimum Gasteiger partial charge on any atom is -0.308 e. The highest BCUT2D eigenvalue weighted by Gasteiger charge is 2.23. The second-order valence-corrected chi connectivity index (χ2v) is 6.95. The van der Waals surface area contributed by atoms with Crippen molar-refractivity contribution in [3.63, 3.8) is 0 Å². The molecule has 0 saturated heterocycles. The number of rotatable bonds is 4. The molecule has 0 aliphatic carbocycles. The number of thiazole rings is 1. The second kappa shape index (κ2) is 5.65. The van der Waals surface area contributed by atoms with Crippen LogP contribution in [0.5, 0.6) is 0 Å². The van der Waals surface area contributed by atoms with Gasteiger partial charge in [0.1, 0.15) is 5.01 Å². The van der Waals surface area contributed by atoms with E-state index in [1.807, 2.05) is 11.8 Å². The van der Waals surface area contributed by atoms with E-state index in [1.165, 1.54) is 21.2 Å². The molecular formula is C15H18N2S2. The van der Waals surface area contributed by atoms with Crippen molar-refractivity contribution in [1.29, 1.82) is 0 Å². The highest BCUT2D eigenvalue weighted by atomic mass is 32.2. The quantitative estimate of drug-likeness (QED) is 0.921. The second-order valence-electron chi connectivity index (χ2n) is 5.00. The zero-order valence-electron chi connectivity index (χ0n) is 11.2. The van der Waals surface area contributed by atoms with Gasteiger partial charge < -0.3 is 5.32 Å². The first-order valence-electron chi connectivity index (χ1n) is 6.61. The molecule has 19 heavy (non-hydrogen) atoms. The monoisotopic (exact) mass is 290 g/mol. The van der Waals surface area contributed by atoms with E-state index in [0.29, 0.717) is 12.0 Å². The zero-order valence-corrected chi connectivity index (χ0v) is 12.9. The maximum atomic E-state index is 4.55. The van der Waals surface area contributed by atoms with Gasteiger partial charge in [-0.1, -0.05) is 18.2 Å². The largest absolute Gasteiger partial charge is 0.308 e. The van der Waals surface area contributed by atoms with Gasteiger partial charge >= 0.3 is 0 Å². The Balaban J connectivity index is 1.62. The van der Waals surface area contributed by atoms with Gasteiger partial charge in [-0.25, -0.2) is 4.98 Å². The van der Waals surface area contributed by atoms with Crippen LogP contribution in [-0.2, 0) is 0 Å². The third-order valence-electron chi connectivity index (χ3n) is 3.48. The summed E-state index contributed by atoms with van der Waals surface area (Å²) in [5, 5.41) is 6.94. The molecule has 0 bridgehead atoms. The lowest BCUT2D eigenvalue weighted by atomic mass is 10.0. The topological polar surface area (TPSA) is 24.9 Å². The van der Waals surface area contributed by atoms with E-state index < -0.39 is 0 Å². The molecule has 2 unspecified atom stereocenters. The summed E-state index contributed by atoms with van der Waals surface area (Å²) < 4.78 is 0. The van der Waals surface area contributed by atoms with Crippen molar-refractivity contribution in [3.05, 3.63) is 45.9 Å². The van der Waals surface area contributed by atoms with Gasteiger partial charge in [0.05, 0.1) is 6.04 Å². The van der Waals surface area contributed by atoms with Crippen molar-refractivity contribution < 1.29 is 0 Å². The zero-order chi connectivity index (χ0) is 13.2. The molecule has 2 heterocycles. The lowest BCUT2D eigenvalue weighted by molar-refractivity contribution is 0.538. The van der Waals surface area contributed by atoms with E-state index in [4.69, 9.17) is 0 Å². The summed E-state index contributed by atoms with van der Waals surface area (Å²) in [5.41, 5.74) is 2.62. The molecule has 0 amide bonds. The van der Waals surface area contributed by atoms with Crippen LogP contribution in [0.25, 0.3) is 0 Å². The van der Waals surface area contributed by atoms with Gasteiger partial charge in [-0.3, -0.25) is 0 Å². The third-order valence-corrected chi connectivity index (χ3v) is 5.87. The van der Waals surface area contributed by atoms with Crippen LogP contribution in [0.3, 0.4) is 0 Å². The van der Waals surface area contributed by atoms with Crippen molar-refractivity contribution in [2.24, 2.45) is 0 Å². The third kappa shape index (κ3) is 2.86. The SMILES string of the molecule is Cc1csc(C(C)NCC2CSc3ccccc32)n1. The Morgan fingerprint density at radius 1 is 1.42 bits per heavy atom. The summed E-state index contributed by atoms with van der Waals surface area (Å²) >= 11 is 3.72. The lowest BCUT2D eigenvalue weighted by Gasteiger charge is -2.16. The van der Waals surface area contributed by atoms with Crippen molar-refractivity contribution in [2.75, 3.05) is 12.3 Å². The number of fused-ring (bicyclic) bond motifs is 1. The van der Waals surface area contributed by atoms with Crippen molar-refractivity contribution in [3.8, 4) is 0 Å². The van der Waals surface area contributed by atoms with Crippen LogP contribution in [0.2, 0.25) is 0 Å². The van der Waals surface area contributed by atoms with Gasteiger partial charge in [-0.15, -0.1) is 23.1 Å². The van der Waals surface area contributed by atoms with Gasteiger partial charge in [-0.05, 0) is 25.5 Å². The fraction of sp³-hybridized carbons (Fsp3) is 0.400. The van der Waals surface area contributed by atoms with Crippen LogP contribution in [0.4, 0.5) is 0 Å². The number of hydrogen-bond donors (Lipinski definition) is 1. The Kier molecular flexibility index (Phi) is 3.91. The first-order valence-corrected chi connectivity index (χ1v) is 8.47. The molecule has 0 saturated carbocycles. The van der Waals surface area contributed by atoms with Crippen molar-refractivity contribution in [2.45, 2.75) is 30.7 Å². The number of aromatic nitrogens is 1. The summed E-state index contributed by atoms with van der Waals surface area (Å²) in [7, 11) is 0. The van der Waals surface area contributed by atoms with Crippen LogP contribution >= 0.6 is 23.1 Å². The molecule has 100 valence electrons. The number of thioether (sulfide) groups is 1. The van der Waals surface area contributed by atoms with Gasteiger partial charge in [0, 0.05) is 34.2 Å². The van der Waals surface area contributed by atoms with E-state index in [-0.39, 0.29) is 0 Å². The Morgan fingerprint density at radius 3 is 3.05 bits per heavy atom. The first kappa shape index (κ1) is 13.2. The number of nitrogens with one attached hydrogen (secondary N) is 1. The maximum Gasteiger partial charge on any atom is 0.110 e. The summed E-state index contributed by atoms with van der Waals surface area (Å²) in [6, 6.07) is 9.11. The lowest BCUT2D eigenvalue weighted by Crippen LogP contribution is -2.24. The Bertz CT molecular complexity index is 565. The van der Waals surface area contributed by atoms with E-state index in [2.05, 4.69) is 53.8 Å². The van der Waals surface area contributed by atoms with Gasteiger partial charge in [0.15, 0.2) is 0 Å². The van der Waals surface area contributed by atoms with E-state index >= 15 is 0 Å². The van der Waals surface area contributed by atoms with E-state index in [1.54, 1.807) is 11.3 Å². The van der Waals surface area contributed by atoms with E-state index in [9.17, 15) is 0 Å². The van der Waals surface area contributed by atoms with Crippen LogP contribution in [0.15, 0.2) is 34.5 Å². The van der Waals surface area contributed by atoms with Crippen molar-refractivity contribution in [1.82, 2.24) is 10.3 Å². The molecule has 0 radical (unpaired) electrons. The van der Waals surface area contributed by atoms with Gasteiger partial charge in [0.2, 0.25) is 0 Å². The predicted octanol–water partition coefficient (Wildman–Crippen LogP) is 3.99. The molecule has 1 aliphatic rings. The van der Waals surface area contributed by atoms with Crippen LogP contribution < -0.4 is 5.32 Å². The Morgan fingerprint density at radius 2 is 2.26 bits per heavy atom. The van der Waals surface area contributed by atoms with E-state index in [0.717, 1.165) is 12.2 Å². The molecule has 1 aromatic carbocycles. The fourth-order valence-corrected chi connectivity index (χ4v) is 4.46. The first-order chi connectivity index (χ1) is 9.24. The Labute approximate surface area is 122 Å². The number of benzene rings is 1. The molecule has 2 nitrogen and oxygen atoms in total. The molecular weight excluding hydrogens is 272 g/mol. The molecule has 2 aromatic rings. The highest BCUT2D eigenvalue weighted by Crippen LogP contribution is 2.39. The Hall–Kier alpha value is -0.840. The number of nitrogens with zero attached hydrogens (tertiary/aromatic N) is 1. The molecule has 3 rings (SSSR count). The molecule has 0 spiro atoms. The van der Waals surface area contributed by atoms with Gasteiger partial charge in [-0.2, -0.15) is 0 Å².